The molecular weight excluding hydrogens is 158 g/mol. The minimum Gasteiger partial charge on any atom is -0.480 e. The molecule has 0 amide bonds. The second-order valence-corrected chi connectivity index (χ2v) is 2.81. The van der Waals surface area contributed by atoms with Gasteiger partial charge in [-0.05, 0) is 14.1 Å². The van der Waals surface area contributed by atoms with E-state index in [1.165, 1.54) is 0 Å². The van der Waals surface area contributed by atoms with Crippen molar-refractivity contribution in [3.05, 3.63) is 0 Å². The van der Waals surface area contributed by atoms with Crippen LogP contribution in [0.15, 0.2) is 0 Å². The molecule has 0 aromatic rings. The predicted molar refractivity (Wildman–Crippen MR) is 47.1 cm³/mol. The topological polar surface area (TPSA) is 64.6 Å². The lowest BCUT2D eigenvalue weighted by molar-refractivity contribution is -0.137. The van der Waals surface area contributed by atoms with E-state index in [1.54, 1.807) is 19.0 Å². The molecule has 1 aliphatic heterocycles. The third-order valence-electron chi connectivity index (χ3n) is 1.18. The van der Waals surface area contributed by atoms with Gasteiger partial charge in [-0.3, -0.25) is 9.69 Å². The number of carboxylic acid groups (broad SMARTS) is 1. The number of likely N-dealkylation sites (N-methyl/N-ethyl adjacent to an activating group) is 1. The van der Waals surface area contributed by atoms with Gasteiger partial charge < -0.3 is 15.7 Å². The van der Waals surface area contributed by atoms with E-state index in [9.17, 15) is 4.79 Å². The summed E-state index contributed by atoms with van der Waals surface area (Å²) in [7, 11) is 3.43. The van der Waals surface area contributed by atoms with E-state index in [-0.39, 0.29) is 6.54 Å². The monoisotopic (exact) mass is 175 g/mol. The van der Waals surface area contributed by atoms with Crippen molar-refractivity contribution < 1.29 is 9.90 Å². The zero-order chi connectivity index (χ0) is 9.40. The summed E-state index contributed by atoms with van der Waals surface area (Å²) in [6, 6.07) is 0. The standard InChI is InChI=1S/C4H9NO2.C3H8N2/c1-5(2)3-4(6)7;1-2-5-3-4-1/h3H2,1-2H3,(H,6,7);4-5H,1-3H2. The third kappa shape index (κ3) is 9.35. The first-order valence-corrected chi connectivity index (χ1v) is 3.91. The maximum Gasteiger partial charge on any atom is 0.317 e. The van der Waals surface area contributed by atoms with Crippen LogP contribution in [0.2, 0.25) is 0 Å². The summed E-state index contributed by atoms with van der Waals surface area (Å²) in [4.78, 5) is 11.4. The Labute approximate surface area is 72.7 Å². The van der Waals surface area contributed by atoms with Gasteiger partial charge in [0, 0.05) is 19.8 Å². The van der Waals surface area contributed by atoms with Crippen molar-refractivity contribution in [2.45, 2.75) is 0 Å². The number of nitrogens with zero attached hydrogens (tertiary/aromatic N) is 1. The molecule has 1 saturated heterocycles. The van der Waals surface area contributed by atoms with Gasteiger partial charge in [0.05, 0.1) is 6.54 Å². The van der Waals surface area contributed by atoms with Gasteiger partial charge in [-0.1, -0.05) is 0 Å². The molecule has 5 nitrogen and oxygen atoms in total. The summed E-state index contributed by atoms with van der Waals surface area (Å²) in [5.74, 6) is -0.787. The van der Waals surface area contributed by atoms with Crippen LogP contribution in [-0.2, 0) is 4.79 Å². The minimum absolute atomic E-state index is 0.111. The van der Waals surface area contributed by atoms with Gasteiger partial charge in [-0.25, -0.2) is 0 Å². The second-order valence-electron chi connectivity index (χ2n) is 2.81. The number of hydrogen-bond donors (Lipinski definition) is 3. The molecule has 1 aliphatic rings. The van der Waals surface area contributed by atoms with E-state index in [0.717, 1.165) is 19.8 Å². The Morgan fingerprint density at radius 2 is 1.92 bits per heavy atom. The lowest BCUT2D eigenvalue weighted by Gasteiger charge is -2.01. The zero-order valence-corrected chi connectivity index (χ0v) is 7.63. The molecule has 0 bridgehead atoms. The van der Waals surface area contributed by atoms with Crippen molar-refractivity contribution in [3.63, 3.8) is 0 Å². The Kier molecular flexibility index (Phi) is 6.64. The number of rotatable bonds is 2. The fourth-order valence-corrected chi connectivity index (χ4v) is 0.712. The summed E-state index contributed by atoms with van der Waals surface area (Å²) in [5, 5.41) is 14.3. The van der Waals surface area contributed by atoms with Gasteiger partial charge in [0.15, 0.2) is 0 Å². The van der Waals surface area contributed by atoms with Gasteiger partial charge in [-0.2, -0.15) is 0 Å². The van der Waals surface area contributed by atoms with Gasteiger partial charge in [0.25, 0.3) is 0 Å². The van der Waals surface area contributed by atoms with Crippen LogP contribution >= 0.6 is 0 Å². The van der Waals surface area contributed by atoms with E-state index in [4.69, 9.17) is 5.11 Å². The average Bonchev–Trinajstić information content (AvgIpc) is 2.36. The maximum absolute atomic E-state index is 9.77. The van der Waals surface area contributed by atoms with Crippen LogP contribution in [0.25, 0.3) is 0 Å². The van der Waals surface area contributed by atoms with Crippen molar-refractivity contribution in [2.75, 3.05) is 40.4 Å². The van der Waals surface area contributed by atoms with Crippen LogP contribution in [0.1, 0.15) is 0 Å². The minimum atomic E-state index is -0.787. The fraction of sp³-hybridized carbons (Fsp3) is 0.857. The number of carboxylic acids is 1. The number of nitrogens with one attached hydrogen (secondary N) is 2. The SMILES string of the molecule is C1CNCN1.CN(C)CC(=O)O. The van der Waals surface area contributed by atoms with Crippen molar-refractivity contribution in [1.29, 1.82) is 0 Å². The Morgan fingerprint density at radius 3 is 2.00 bits per heavy atom. The van der Waals surface area contributed by atoms with Crippen molar-refractivity contribution in [1.82, 2.24) is 15.5 Å². The number of aliphatic carboxylic acids is 1. The zero-order valence-electron chi connectivity index (χ0n) is 7.63. The summed E-state index contributed by atoms with van der Waals surface area (Å²) >= 11 is 0. The molecular formula is C7H17N3O2. The first-order valence-electron chi connectivity index (χ1n) is 3.91. The first-order chi connectivity index (χ1) is 5.63. The van der Waals surface area contributed by atoms with E-state index >= 15 is 0 Å². The van der Waals surface area contributed by atoms with E-state index < -0.39 is 5.97 Å². The van der Waals surface area contributed by atoms with Gasteiger partial charge in [0.2, 0.25) is 0 Å². The fourth-order valence-electron chi connectivity index (χ4n) is 0.712. The molecule has 0 spiro atoms. The molecule has 1 heterocycles. The largest absolute Gasteiger partial charge is 0.480 e. The normalized spacial score (nSPS) is 15.6. The summed E-state index contributed by atoms with van der Waals surface area (Å²) in [5.41, 5.74) is 0. The first kappa shape index (κ1) is 11.4. The quantitative estimate of drug-likeness (QED) is 0.490. The molecule has 0 radical (unpaired) electrons. The van der Waals surface area contributed by atoms with Crippen LogP contribution < -0.4 is 10.6 Å². The van der Waals surface area contributed by atoms with Crippen molar-refractivity contribution in [3.8, 4) is 0 Å². The van der Waals surface area contributed by atoms with Crippen molar-refractivity contribution >= 4 is 5.97 Å². The number of hydrogen-bond acceptors (Lipinski definition) is 4. The van der Waals surface area contributed by atoms with Gasteiger partial charge in [0.1, 0.15) is 0 Å². The lowest BCUT2D eigenvalue weighted by Crippen LogP contribution is -2.20. The predicted octanol–water partition coefficient (Wildman–Crippen LogP) is -1.23. The Hall–Kier alpha value is -0.650. The molecule has 12 heavy (non-hydrogen) atoms. The summed E-state index contributed by atoms with van der Waals surface area (Å²) in [6.45, 7) is 3.39. The van der Waals surface area contributed by atoms with Crippen LogP contribution in [0.5, 0.6) is 0 Å². The molecule has 3 N–H and O–H groups in total. The second kappa shape index (κ2) is 7.02. The third-order valence-corrected chi connectivity index (χ3v) is 1.18. The number of carbonyl (C=O) groups is 1. The van der Waals surface area contributed by atoms with E-state index in [1.807, 2.05) is 0 Å². The maximum atomic E-state index is 9.77. The van der Waals surface area contributed by atoms with Crippen LogP contribution in [0.3, 0.4) is 0 Å². The lowest BCUT2D eigenvalue weighted by atomic mass is 10.6. The highest BCUT2D eigenvalue weighted by atomic mass is 16.4. The molecule has 0 saturated carbocycles. The molecule has 0 aliphatic carbocycles. The van der Waals surface area contributed by atoms with Crippen molar-refractivity contribution in [2.24, 2.45) is 0 Å². The Morgan fingerprint density at radius 1 is 1.42 bits per heavy atom. The molecule has 0 aromatic heterocycles. The molecule has 0 aromatic carbocycles. The van der Waals surface area contributed by atoms with Gasteiger partial charge >= 0.3 is 5.97 Å². The molecule has 72 valence electrons. The molecule has 0 atom stereocenters. The summed E-state index contributed by atoms with van der Waals surface area (Å²) < 4.78 is 0. The highest BCUT2D eigenvalue weighted by Crippen LogP contribution is 1.69. The molecule has 1 rings (SSSR count). The average molecular weight is 175 g/mol. The Balaban J connectivity index is 0.000000211. The van der Waals surface area contributed by atoms with E-state index in [0.29, 0.717) is 0 Å². The van der Waals surface area contributed by atoms with Crippen LogP contribution in [0.4, 0.5) is 0 Å². The molecule has 1 fully saturated rings. The highest BCUT2D eigenvalue weighted by molar-refractivity contribution is 5.68. The van der Waals surface area contributed by atoms with Crippen LogP contribution in [0, 0.1) is 0 Å². The molecule has 0 unspecified atom stereocenters. The van der Waals surface area contributed by atoms with E-state index in [2.05, 4.69) is 10.6 Å². The smallest absolute Gasteiger partial charge is 0.317 e. The summed E-state index contributed by atoms with van der Waals surface area (Å²) in [6.07, 6.45) is 0. The Bertz CT molecular complexity index is 116. The molecule has 5 heteroatoms. The van der Waals surface area contributed by atoms with Gasteiger partial charge in [-0.15, -0.1) is 0 Å². The van der Waals surface area contributed by atoms with Crippen LogP contribution in [-0.4, -0.2) is 56.4 Å². The highest BCUT2D eigenvalue weighted by Gasteiger charge is 1.94.